The van der Waals surface area contributed by atoms with Gasteiger partial charge in [-0.2, -0.15) is 0 Å². The molecule has 0 N–H and O–H groups in total. The summed E-state index contributed by atoms with van der Waals surface area (Å²) in [4.78, 5) is 0. The van der Waals surface area contributed by atoms with Crippen LogP contribution in [0.15, 0.2) is 42.0 Å². The largest absolute Gasteiger partial charge is 0.270 e. The minimum absolute atomic E-state index is 0.0823. The number of benzene rings is 1. The lowest BCUT2D eigenvalue weighted by Gasteiger charge is -2.13. The summed E-state index contributed by atoms with van der Waals surface area (Å²) in [6.45, 7) is 5.24. The number of hydrogen-bond acceptors (Lipinski definition) is 0. The normalized spacial score (nSPS) is 15.9. The molecule has 18 heavy (non-hydrogen) atoms. The van der Waals surface area contributed by atoms with E-state index in [1.54, 1.807) is 12.1 Å². The van der Waals surface area contributed by atoms with E-state index in [0.717, 1.165) is 24.5 Å². The van der Waals surface area contributed by atoms with Crippen LogP contribution >= 0.6 is 0 Å². The molecule has 0 radical (unpaired) electrons. The molecular formula is C16H18F2. The van der Waals surface area contributed by atoms with Crippen LogP contribution in [0.25, 0.3) is 5.57 Å². The molecule has 2 heteroatoms. The SMILES string of the molecule is CC(C)C1=CC=C(c2cccc(C(C)(F)F)c2)C1. The fourth-order valence-corrected chi connectivity index (χ4v) is 2.13. The van der Waals surface area contributed by atoms with E-state index >= 15 is 0 Å². The van der Waals surface area contributed by atoms with E-state index in [2.05, 4.69) is 19.9 Å². The van der Waals surface area contributed by atoms with Gasteiger partial charge in [-0.15, -0.1) is 0 Å². The van der Waals surface area contributed by atoms with Crippen molar-refractivity contribution in [3.8, 4) is 0 Å². The number of allylic oxidation sites excluding steroid dienone is 4. The van der Waals surface area contributed by atoms with Crippen LogP contribution in [0.3, 0.4) is 0 Å². The predicted octanol–water partition coefficient (Wildman–Crippen LogP) is 5.17. The first-order valence-corrected chi connectivity index (χ1v) is 6.26. The summed E-state index contributed by atoms with van der Waals surface area (Å²) in [6.07, 6.45) is 5.02. The lowest BCUT2D eigenvalue weighted by Crippen LogP contribution is -2.07. The predicted molar refractivity (Wildman–Crippen MR) is 71.5 cm³/mol. The molecule has 96 valence electrons. The fraction of sp³-hybridized carbons (Fsp3) is 0.375. The molecule has 0 saturated carbocycles. The Morgan fingerprint density at radius 2 is 1.89 bits per heavy atom. The zero-order valence-electron chi connectivity index (χ0n) is 11.0. The maximum Gasteiger partial charge on any atom is 0.270 e. The topological polar surface area (TPSA) is 0 Å². The monoisotopic (exact) mass is 248 g/mol. The van der Waals surface area contributed by atoms with Crippen LogP contribution in [-0.4, -0.2) is 0 Å². The highest BCUT2D eigenvalue weighted by Gasteiger charge is 2.24. The molecule has 0 aliphatic heterocycles. The first-order chi connectivity index (χ1) is 8.38. The van der Waals surface area contributed by atoms with Crippen LogP contribution in [-0.2, 0) is 5.92 Å². The summed E-state index contributed by atoms with van der Waals surface area (Å²) in [6, 6.07) is 6.69. The summed E-state index contributed by atoms with van der Waals surface area (Å²) >= 11 is 0. The third kappa shape index (κ3) is 2.69. The first-order valence-electron chi connectivity index (χ1n) is 6.26. The van der Waals surface area contributed by atoms with Gasteiger partial charge < -0.3 is 0 Å². The van der Waals surface area contributed by atoms with Gasteiger partial charge in [0.25, 0.3) is 5.92 Å². The van der Waals surface area contributed by atoms with Crippen molar-refractivity contribution in [3.05, 3.63) is 53.1 Å². The summed E-state index contributed by atoms with van der Waals surface area (Å²) in [7, 11) is 0. The quantitative estimate of drug-likeness (QED) is 0.692. The summed E-state index contributed by atoms with van der Waals surface area (Å²) in [5, 5.41) is 0. The van der Waals surface area contributed by atoms with E-state index in [-0.39, 0.29) is 5.56 Å². The third-order valence-electron chi connectivity index (χ3n) is 3.38. The highest BCUT2D eigenvalue weighted by atomic mass is 19.3. The molecule has 2 rings (SSSR count). The van der Waals surface area contributed by atoms with E-state index < -0.39 is 5.92 Å². The molecule has 1 aliphatic carbocycles. The molecule has 0 nitrogen and oxygen atoms in total. The van der Waals surface area contributed by atoms with Crippen molar-refractivity contribution >= 4 is 5.57 Å². The first kappa shape index (κ1) is 13.0. The van der Waals surface area contributed by atoms with Crippen molar-refractivity contribution in [3.63, 3.8) is 0 Å². The Labute approximate surface area is 107 Å². The van der Waals surface area contributed by atoms with Crippen LogP contribution < -0.4 is 0 Å². The van der Waals surface area contributed by atoms with Gasteiger partial charge in [-0.05, 0) is 29.5 Å². The molecule has 0 heterocycles. The molecule has 1 aromatic rings. The minimum atomic E-state index is -2.77. The highest BCUT2D eigenvalue weighted by Crippen LogP contribution is 2.34. The van der Waals surface area contributed by atoms with Gasteiger partial charge in [-0.1, -0.05) is 49.8 Å². The van der Waals surface area contributed by atoms with E-state index in [4.69, 9.17) is 0 Å². The smallest absolute Gasteiger partial charge is 0.202 e. The maximum atomic E-state index is 13.3. The van der Waals surface area contributed by atoms with E-state index in [1.807, 2.05) is 12.1 Å². The molecular weight excluding hydrogens is 230 g/mol. The molecule has 0 atom stereocenters. The van der Waals surface area contributed by atoms with Crippen molar-refractivity contribution in [1.29, 1.82) is 0 Å². The average molecular weight is 248 g/mol. The van der Waals surface area contributed by atoms with E-state index in [1.165, 1.54) is 11.6 Å². The number of alkyl halides is 2. The zero-order valence-corrected chi connectivity index (χ0v) is 11.0. The van der Waals surface area contributed by atoms with Crippen LogP contribution in [0, 0.1) is 5.92 Å². The van der Waals surface area contributed by atoms with Gasteiger partial charge in [0.2, 0.25) is 0 Å². The Hall–Kier alpha value is -1.44. The van der Waals surface area contributed by atoms with Crippen molar-refractivity contribution in [2.24, 2.45) is 5.92 Å². The van der Waals surface area contributed by atoms with Gasteiger partial charge in [0.15, 0.2) is 0 Å². The molecule has 0 saturated heterocycles. The lowest BCUT2D eigenvalue weighted by molar-refractivity contribution is 0.0174. The second-order valence-corrected chi connectivity index (χ2v) is 5.23. The van der Waals surface area contributed by atoms with Gasteiger partial charge in [-0.3, -0.25) is 0 Å². The second-order valence-electron chi connectivity index (χ2n) is 5.23. The Morgan fingerprint density at radius 3 is 2.44 bits per heavy atom. The van der Waals surface area contributed by atoms with Gasteiger partial charge in [-0.25, -0.2) is 8.78 Å². The summed E-state index contributed by atoms with van der Waals surface area (Å²) < 4.78 is 26.6. The molecule has 0 aromatic heterocycles. The lowest BCUT2D eigenvalue weighted by atomic mass is 9.95. The molecule has 0 amide bonds. The second kappa shape index (κ2) is 4.68. The van der Waals surface area contributed by atoms with E-state index in [9.17, 15) is 8.78 Å². The molecule has 0 spiro atoms. The van der Waals surface area contributed by atoms with E-state index in [0.29, 0.717) is 5.92 Å². The van der Waals surface area contributed by atoms with Crippen molar-refractivity contribution < 1.29 is 8.78 Å². The highest BCUT2D eigenvalue weighted by molar-refractivity contribution is 5.72. The molecule has 1 aliphatic rings. The van der Waals surface area contributed by atoms with Crippen molar-refractivity contribution in [1.82, 2.24) is 0 Å². The molecule has 0 unspecified atom stereocenters. The van der Waals surface area contributed by atoms with Gasteiger partial charge >= 0.3 is 0 Å². The molecule has 0 fully saturated rings. The summed E-state index contributed by atoms with van der Waals surface area (Å²) in [5.74, 6) is -2.27. The third-order valence-corrected chi connectivity index (χ3v) is 3.38. The van der Waals surface area contributed by atoms with Crippen LogP contribution in [0.4, 0.5) is 8.78 Å². The summed E-state index contributed by atoms with van der Waals surface area (Å²) in [5.41, 5.74) is 3.48. The van der Waals surface area contributed by atoms with Gasteiger partial charge in [0, 0.05) is 12.5 Å². The van der Waals surface area contributed by atoms with Crippen LogP contribution in [0.2, 0.25) is 0 Å². The average Bonchev–Trinajstić information content (AvgIpc) is 2.77. The Balaban J connectivity index is 2.23. The van der Waals surface area contributed by atoms with Crippen LogP contribution in [0.5, 0.6) is 0 Å². The molecule has 0 bridgehead atoms. The standard InChI is InChI=1S/C16H18F2/c1-11(2)12-7-8-14(9-12)13-5-4-6-15(10-13)16(3,17)18/h4-8,10-11H,9H2,1-3H3. The van der Waals surface area contributed by atoms with Gasteiger partial charge in [0.05, 0.1) is 0 Å². The zero-order chi connectivity index (χ0) is 13.3. The Kier molecular flexibility index (Phi) is 3.38. The Morgan fingerprint density at radius 1 is 1.17 bits per heavy atom. The van der Waals surface area contributed by atoms with Crippen molar-refractivity contribution in [2.75, 3.05) is 0 Å². The Bertz CT molecular complexity index is 502. The minimum Gasteiger partial charge on any atom is -0.202 e. The number of rotatable bonds is 3. The molecule has 1 aromatic carbocycles. The number of halogens is 2. The van der Waals surface area contributed by atoms with Crippen molar-refractivity contribution in [2.45, 2.75) is 33.1 Å². The van der Waals surface area contributed by atoms with Crippen LogP contribution in [0.1, 0.15) is 38.3 Å². The van der Waals surface area contributed by atoms with Gasteiger partial charge in [0.1, 0.15) is 0 Å². The fourth-order valence-electron chi connectivity index (χ4n) is 2.13. The number of hydrogen-bond donors (Lipinski definition) is 0. The maximum absolute atomic E-state index is 13.3.